The number of piperidine rings is 1. The van der Waals surface area contributed by atoms with Crippen molar-refractivity contribution in [3.05, 3.63) is 59.7 Å². The fourth-order valence-electron chi connectivity index (χ4n) is 3.26. The predicted molar refractivity (Wildman–Crippen MR) is 108 cm³/mol. The molecule has 154 valence electrons. The van der Waals surface area contributed by atoms with E-state index in [4.69, 9.17) is 14.2 Å². The minimum atomic E-state index is -0.321. The van der Waals surface area contributed by atoms with Crippen LogP contribution in [0.4, 0.5) is 4.79 Å². The zero-order valence-corrected chi connectivity index (χ0v) is 16.7. The Labute approximate surface area is 170 Å². The van der Waals surface area contributed by atoms with Crippen molar-refractivity contribution in [1.29, 1.82) is 0 Å². The maximum Gasteiger partial charge on any atom is 0.410 e. The van der Waals surface area contributed by atoms with Gasteiger partial charge in [-0.05, 0) is 36.6 Å². The van der Waals surface area contributed by atoms with Crippen LogP contribution in [0, 0.1) is 0 Å². The van der Waals surface area contributed by atoms with Gasteiger partial charge in [-0.2, -0.15) is 0 Å². The Morgan fingerprint density at radius 2 is 1.69 bits per heavy atom. The average Bonchev–Trinajstić information content (AvgIpc) is 2.78. The monoisotopic (exact) mass is 398 g/mol. The highest BCUT2D eigenvalue weighted by atomic mass is 16.6. The van der Waals surface area contributed by atoms with Crippen LogP contribution in [-0.4, -0.2) is 50.3 Å². The van der Waals surface area contributed by atoms with Gasteiger partial charge in [-0.25, -0.2) is 4.79 Å². The van der Waals surface area contributed by atoms with Crippen LogP contribution in [0.5, 0.6) is 11.5 Å². The summed E-state index contributed by atoms with van der Waals surface area (Å²) in [6.45, 7) is 1.35. The highest BCUT2D eigenvalue weighted by Gasteiger charge is 2.25. The molecule has 1 saturated heterocycles. The maximum atomic E-state index is 12.5. The minimum Gasteiger partial charge on any atom is -0.493 e. The Hall–Kier alpha value is -3.22. The molecule has 2 aromatic rings. The Balaban J connectivity index is 1.47. The van der Waals surface area contributed by atoms with Crippen molar-refractivity contribution in [1.82, 2.24) is 10.2 Å². The maximum absolute atomic E-state index is 12.5. The smallest absolute Gasteiger partial charge is 0.410 e. The molecule has 7 nitrogen and oxygen atoms in total. The molecule has 1 aliphatic rings. The van der Waals surface area contributed by atoms with Gasteiger partial charge in [0.15, 0.2) is 11.5 Å². The van der Waals surface area contributed by atoms with Crippen molar-refractivity contribution < 1.29 is 23.8 Å². The lowest BCUT2D eigenvalue weighted by atomic mass is 10.0. The van der Waals surface area contributed by atoms with Crippen molar-refractivity contribution in [3.63, 3.8) is 0 Å². The molecule has 7 heteroatoms. The molecule has 1 N–H and O–H groups in total. The molecule has 3 rings (SSSR count). The molecule has 0 aliphatic carbocycles. The second kappa shape index (κ2) is 9.82. The first kappa shape index (κ1) is 20.5. The lowest BCUT2D eigenvalue weighted by Crippen LogP contribution is -2.46. The molecule has 1 heterocycles. The number of amides is 2. The summed E-state index contributed by atoms with van der Waals surface area (Å²) >= 11 is 0. The number of benzene rings is 2. The molecule has 29 heavy (non-hydrogen) atoms. The van der Waals surface area contributed by atoms with Gasteiger partial charge in [-0.15, -0.1) is 0 Å². The van der Waals surface area contributed by atoms with Gasteiger partial charge in [0.2, 0.25) is 0 Å². The van der Waals surface area contributed by atoms with Gasteiger partial charge >= 0.3 is 6.09 Å². The number of hydrogen-bond donors (Lipinski definition) is 1. The topological polar surface area (TPSA) is 77.1 Å². The van der Waals surface area contributed by atoms with E-state index in [9.17, 15) is 9.59 Å². The van der Waals surface area contributed by atoms with Crippen molar-refractivity contribution in [3.8, 4) is 11.5 Å². The third kappa shape index (κ3) is 5.40. The quantitative estimate of drug-likeness (QED) is 0.808. The predicted octanol–water partition coefficient (Wildman–Crippen LogP) is 3.23. The van der Waals surface area contributed by atoms with Gasteiger partial charge in [0.25, 0.3) is 5.91 Å². The van der Waals surface area contributed by atoms with Crippen molar-refractivity contribution in [2.24, 2.45) is 0 Å². The number of carbonyl (C=O) groups excluding carboxylic acids is 2. The van der Waals surface area contributed by atoms with E-state index in [2.05, 4.69) is 5.32 Å². The van der Waals surface area contributed by atoms with E-state index >= 15 is 0 Å². The molecule has 0 unspecified atom stereocenters. The summed E-state index contributed by atoms with van der Waals surface area (Å²) in [5.41, 5.74) is 1.46. The standard InChI is InChI=1S/C22H26N2O5/c1-27-19-9-8-17(14-20(19)28-2)21(25)23-18-10-12-24(13-11-18)22(26)29-15-16-6-4-3-5-7-16/h3-9,14,18H,10-13,15H2,1-2H3,(H,23,25). The van der Waals surface area contributed by atoms with Crippen LogP contribution in [0.1, 0.15) is 28.8 Å². The molecule has 0 saturated carbocycles. The summed E-state index contributed by atoms with van der Waals surface area (Å²) in [4.78, 5) is 26.5. The highest BCUT2D eigenvalue weighted by molar-refractivity contribution is 5.95. The van der Waals surface area contributed by atoms with Crippen LogP contribution >= 0.6 is 0 Å². The molecule has 0 bridgehead atoms. The zero-order valence-electron chi connectivity index (χ0n) is 16.7. The first-order valence-electron chi connectivity index (χ1n) is 9.59. The number of likely N-dealkylation sites (tertiary alicyclic amines) is 1. The van der Waals surface area contributed by atoms with Crippen LogP contribution in [0.2, 0.25) is 0 Å². The van der Waals surface area contributed by atoms with E-state index in [-0.39, 0.29) is 24.6 Å². The summed E-state index contributed by atoms with van der Waals surface area (Å²) in [5, 5.41) is 3.03. The fourth-order valence-corrected chi connectivity index (χ4v) is 3.26. The molecule has 0 atom stereocenters. The highest BCUT2D eigenvalue weighted by Crippen LogP contribution is 2.27. The summed E-state index contributed by atoms with van der Waals surface area (Å²) in [7, 11) is 3.09. The number of methoxy groups -OCH3 is 2. The summed E-state index contributed by atoms with van der Waals surface area (Å²) < 4.78 is 15.8. The van der Waals surface area contributed by atoms with Gasteiger partial charge in [-0.3, -0.25) is 4.79 Å². The van der Waals surface area contributed by atoms with Crippen molar-refractivity contribution in [2.45, 2.75) is 25.5 Å². The van der Waals surface area contributed by atoms with Crippen LogP contribution in [0.15, 0.2) is 48.5 Å². The molecular formula is C22H26N2O5. The number of ether oxygens (including phenoxy) is 3. The summed E-state index contributed by atoms with van der Waals surface area (Å²) in [6.07, 6.45) is 1.04. The third-order valence-electron chi connectivity index (χ3n) is 4.94. The minimum absolute atomic E-state index is 0.00812. The van der Waals surface area contributed by atoms with Gasteiger partial charge in [-0.1, -0.05) is 30.3 Å². The number of nitrogens with zero attached hydrogens (tertiary/aromatic N) is 1. The molecule has 0 aromatic heterocycles. The van der Waals surface area contributed by atoms with E-state index in [0.717, 1.165) is 5.56 Å². The van der Waals surface area contributed by atoms with Gasteiger partial charge in [0.05, 0.1) is 14.2 Å². The van der Waals surface area contributed by atoms with Crippen LogP contribution in [0.3, 0.4) is 0 Å². The lowest BCUT2D eigenvalue weighted by Gasteiger charge is -2.31. The normalized spacial score (nSPS) is 14.2. The second-order valence-corrected chi connectivity index (χ2v) is 6.84. The summed E-state index contributed by atoms with van der Waals surface area (Å²) in [6, 6.07) is 14.7. The van der Waals surface area contributed by atoms with Crippen LogP contribution in [0.25, 0.3) is 0 Å². The molecule has 1 aliphatic heterocycles. The Morgan fingerprint density at radius 3 is 2.34 bits per heavy atom. The molecule has 0 spiro atoms. The first-order chi connectivity index (χ1) is 14.1. The van der Waals surface area contributed by atoms with Gasteiger partial charge in [0, 0.05) is 24.7 Å². The Kier molecular flexibility index (Phi) is 6.94. The van der Waals surface area contributed by atoms with Gasteiger partial charge < -0.3 is 24.4 Å². The van der Waals surface area contributed by atoms with E-state index in [1.807, 2.05) is 30.3 Å². The van der Waals surface area contributed by atoms with E-state index < -0.39 is 0 Å². The number of rotatable bonds is 6. The molecule has 2 amide bonds. The third-order valence-corrected chi connectivity index (χ3v) is 4.94. The van der Waals surface area contributed by atoms with Crippen molar-refractivity contribution >= 4 is 12.0 Å². The number of carbonyl (C=O) groups is 2. The Morgan fingerprint density at radius 1 is 1.00 bits per heavy atom. The fraction of sp³-hybridized carbons (Fsp3) is 0.364. The molecule has 0 radical (unpaired) electrons. The average molecular weight is 398 g/mol. The lowest BCUT2D eigenvalue weighted by molar-refractivity contribution is 0.0809. The second-order valence-electron chi connectivity index (χ2n) is 6.84. The molecular weight excluding hydrogens is 372 g/mol. The molecule has 1 fully saturated rings. The van der Waals surface area contributed by atoms with Crippen molar-refractivity contribution in [2.75, 3.05) is 27.3 Å². The van der Waals surface area contributed by atoms with E-state index in [1.165, 1.54) is 7.11 Å². The van der Waals surface area contributed by atoms with Gasteiger partial charge in [0.1, 0.15) is 6.61 Å². The van der Waals surface area contributed by atoms with E-state index in [1.54, 1.807) is 30.2 Å². The van der Waals surface area contributed by atoms with Crippen LogP contribution < -0.4 is 14.8 Å². The first-order valence-corrected chi connectivity index (χ1v) is 9.59. The molecule has 2 aromatic carbocycles. The zero-order chi connectivity index (χ0) is 20.6. The van der Waals surface area contributed by atoms with Crippen LogP contribution in [-0.2, 0) is 11.3 Å². The number of nitrogens with one attached hydrogen (secondary N) is 1. The SMILES string of the molecule is COc1ccc(C(=O)NC2CCN(C(=O)OCc3ccccc3)CC2)cc1OC. The largest absolute Gasteiger partial charge is 0.493 e. The Bertz CT molecular complexity index is 832. The van der Waals surface area contributed by atoms with E-state index in [0.29, 0.717) is 43.0 Å². The number of hydrogen-bond acceptors (Lipinski definition) is 5. The summed E-state index contributed by atoms with van der Waals surface area (Å²) in [5.74, 6) is 0.915.